The van der Waals surface area contributed by atoms with Crippen molar-refractivity contribution in [2.75, 3.05) is 13.2 Å². The zero-order chi connectivity index (χ0) is 12.2. The highest BCUT2D eigenvalue weighted by atomic mass is 127. The van der Waals surface area contributed by atoms with Crippen LogP contribution in [0.15, 0.2) is 0 Å². The normalized spacial score (nSPS) is 26.3. The fraction of sp³-hybridized carbons (Fsp3) is 0.444. The monoisotopic (exact) mass is 349 g/mol. The Morgan fingerprint density at radius 2 is 2.35 bits per heavy atom. The maximum atomic E-state index is 11.9. The summed E-state index contributed by atoms with van der Waals surface area (Å²) >= 11 is 1.83. The van der Waals surface area contributed by atoms with Gasteiger partial charge in [0.1, 0.15) is 15.0 Å². The van der Waals surface area contributed by atoms with E-state index in [2.05, 4.69) is 10.4 Å². The fourth-order valence-electron chi connectivity index (χ4n) is 2.21. The smallest absolute Gasteiger partial charge is 0.340 e. The summed E-state index contributed by atoms with van der Waals surface area (Å²) in [6, 6.07) is -0.225. The SMILES string of the molecule is O=C(O)c1c(I)nn2c1C(=O)NC1COCC12. The zero-order valence-corrected chi connectivity index (χ0v) is 10.7. The third-order valence-electron chi connectivity index (χ3n) is 2.98. The second kappa shape index (κ2) is 3.67. The Bertz CT molecular complexity index is 527. The van der Waals surface area contributed by atoms with Crippen LogP contribution in [0.3, 0.4) is 0 Å². The van der Waals surface area contributed by atoms with Crippen molar-refractivity contribution in [3.8, 4) is 0 Å². The second-order valence-electron chi connectivity index (χ2n) is 3.95. The molecule has 0 saturated carbocycles. The molecule has 0 bridgehead atoms. The van der Waals surface area contributed by atoms with E-state index in [-0.39, 0.29) is 23.3 Å². The molecule has 1 aromatic heterocycles. The molecule has 2 N–H and O–H groups in total. The summed E-state index contributed by atoms with van der Waals surface area (Å²) in [7, 11) is 0. The number of carboxylic acids is 1. The molecule has 0 spiro atoms. The van der Waals surface area contributed by atoms with Gasteiger partial charge in [0, 0.05) is 0 Å². The van der Waals surface area contributed by atoms with E-state index in [4.69, 9.17) is 9.84 Å². The van der Waals surface area contributed by atoms with Gasteiger partial charge in [-0.1, -0.05) is 0 Å². The molecule has 7 nitrogen and oxygen atoms in total. The summed E-state index contributed by atoms with van der Waals surface area (Å²) in [6.45, 7) is 0.878. The molecule has 0 radical (unpaired) electrons. The number of carboxylic acid groups (broad SMARTS) is 1. The molecule has 3 heterocycles. The minimum atomic E-state index is -1.14. The van der Waals surface area contributed by atoms with Crippen molar-refractivity contribution in [3.63, 3.8) is 0 Å². The molecule has 17 heavy (non-hydrogen) atoms. The number of nitrogens with one attached hydrogen (secondary N) is 1. The number of halogens is 1. The number of ether oxygens (including phenoxy) is 1. The first-order valence-electron chi connectivity index (χ1n) is 4.99. The third kappa shape index (κ3) is 1.47. The van der Waals surface area contributed by atoms with Crippen LogP contribution in [0.4, 0.5) is 0 Å². The van der Waals surface area contributed by atoms with Crippen molar-refractivity contribution in [3.05, 3.63) is 15.0 Å². The number of nitrogens with zero attached hydrogens (tertiary/aromatic N) is 2. The van der Waals surface area contributed by atoms with E-state index >= 15 is 0 Å². The number of fused-ring (bicyclic) bond motifs is 3. The molecule has 2 atom stereocenters. The van der Waals surface area contributed by atoms with E-state index < -0.39 is 11.9 Å². The molecule has 1 aromatic rings. The molecular weight excluding hydrogens is 341 g/mol. The zero-order valence-electron chi connectivity index (χ0n) is 8.51. The van der Waals surface area contributed by atoms with Gasteiger partial charge in [-0.05, 0) is 22.6 Å². The van der Waals surface area contributed by atoms with E-state index in [1.807, 2.05) is 22.6 Å². The topological polar surface area (TPSA) is 93.5 Å². The average Bonchev–Trinajstić information content (AvgIpc) is 2.80. The van der Waals surface area contributed by atoms with Crippen LogP contribution in [0.1, 0.15) is 26.9 Å². The summed E-state index contributed by atoms with van der Waals surface area (Å²) in [6.07, 6.45) is 0. The Labute approximate surface area is 109 Å². The Kier molecular flexibility index (Phi) is 2.36. The lowest BCUT2D eigenvalue weighted by Crippen LogP contribution is -2.47. The van der Waals surface area contributed by atoms with Crippen LogP contribution in [0, 0.1) is 3.70 Å². The highest BCUT2D eigenvalue weighted by Crippen LogP contribution is 2.29. The maximum absolute atomic E-state index is 11.9. The molecule has 1 fully saturated rings. The summed E-state index contributed by atoms with van der Waals surface area (Å²) < 4.78 is 7.10. The predicted molar refractivity (Wildman–Crippen MR) is 63.0 cm³/mol. The molecule has 2 unspecified atom stereocenters. The van der Waals surface area contributed by atoms with Crippen LogP contribution < -0.4 is 5.32 Å². The van der Waals surface area contributed by atoms with Gasteiger partial charge >= 0.3 is 5.97 Å². The predicted octanol–water partition coefficient (Wildman–Crippen LogP) is -0.131. The van der Waals surface area contributed by atoms with Crippen molar-refractivity contribution in [2.45, 2.75) is 12.1 Å². The van der Waals surface area contributed by atoms with Gasteiger partial charge in [-0.15, -0.1) is 0 Å². The van der Waals surface area contributed by atoms with Crippen LogP contribution in [0.2, 0.25) is 0 Å². The minimum Gasteiger partial charge on any atom is -0.478 e. The molecule has 1 amide bonds. The molecule has 0 aromatic carbocycles. The highest BCUT2D eigenvalue weighted by molar-refractivity contribution is 14.1. The van der Waals surface area contributed by atoms with Gasteiger partial charge < -0.3 is 15.2 Å². The lowest BCUT2D eigenvalue weighted by atomic mass is 10.1. The van der Waals surface area contributed by atoms with Gasteiger partial charge in [-0.25, -0.2) is 4.79 Å². The molecule has 90 valence electrons. The van der Waals surface area contributed by atoms with Crippen molar-refractivity contribution in [1.82, 2.24) is 15.1 Å². The molecule has 1 saturated heterocycles. The number of carbonyl (C=O) groups is 2. The lowest BCUT2D eigenvalue weighted by molar-refractivity contribution is 0.0686. The number of amides is 1. The number of hydrogen-bond acceptors (Lipinski definition) is 4. The first kappa shape index (κ1) is 11.0. The Hall–Kier alpha value is -1.16. The number of aromatic nitrogens is 2. The van der Waals surface area contributed by atoms with E-state index in [1.54, 1.807) is 0 Å². The van der Waals surface area contributed by atoms with Gasteiger partial charge in [0.15, 0.2) is 0 Å². The van der Waals surface area contributed by atoms with Gasteiger partial charge in [0.25, 0.3) is 5.91 Å². The van der Waals surface area contributed by atoms with E-state index in [9.17, 15) is 9.59 Å². The summed E-state index contributed by atoms with van der Waals surface area (Å²) in [5.41, 5.74) is 0.0853. The van der Waals surface area contributed by atoms with Gasteiger partial charge in [0.05, 0.1) is 25.3 Å². The first-order chi connectivity index (χ1) is 8.09. The maximum Gasteiger partial charge on any atom is 0.340 e. The van der Waals surface area contributed by atoms with Crippen LogP contribution in [0.25, 0.3) is 0 Å². The summed E-state index contributed by atoms with van der Waals surface area (Å²) in [5, 5.41) is 16.0. The number of rotatable bonds is 1. The molecule has 2 aliphatic rings. The molecular formula is C9H8IN3O4. The third-order valence-corrected chi connectivity index (χ3v) is 3.73. The molecule has 2 aliphatic heterocycles. The largest absolute Gasteiger partial charge is 0.478 e. The highest BCUT2D eigenvalue weighted by Gasteiger charge is 2.42. The molecule has 8 heteroatoms. The second-order valence-corrected chi connectivity index (χ2v) is 4.97. The van der Waals surface area contributed by atoms with E-state index in [0.717, 1.165) is 0 Å². The Balaban J connectivity index is 2.20. The van der Waals surface area contributed by atoms with Crippen LogP contribution >= 0.6 is 22.6 Å². The van der Waals surface area contributed by atoms with E-state index in [0.29, 0.717) is 16.9 Å². The van der Waals surface area contributed by atoms with Crippen molar-refractivity contribution in [2.24, 2.45) is 0 Å². The minimum absolute atomic E-state index is 0.0338. The van der Waals surface area contributed by atoms with Crippen molar-refractivity contribution >= 4 is 34.5 Å². The van der Waals surface area contributed by atoms with E-state index in [1.165, 1.54) is 4.68 Å². The van der Waals surface area contributed by atoms with Gasteiger partial charge in [-0.3, -0.25) is 9.48 Å². The summed E-state index contributed by atoms with van der Waals surface area (Å²) in [4.78, 5) is 23.0. The summed E-state index contributed by atoms with van der Waals surface area (Å²) in [5.74, 6) is -1.53. The van der Waals surface area contributed by atoms with Crippen LogP contribution in [-0.2, 0) is 4.74 Å². The first-order valence-corrected chi connectivity index (χ1v) is 6.07. The number of aromatic carboxylic acids is 1. The van der Waals surface area contributed by atoms with Crippen LogP contribution in [-0.4, -0.2) is 46.0 Å². The molecule has 0 aliphatic carbocycles. The fourth-order valence-corrected chi connectivity index (χ4v) is 2.93. The number of hydrogen-bond donors (Lipinski definition) is 2. The van der Waals surface area contributed by atoms with Gasteiger partial charge in [-0.2, -0.15) is 5.10 Å². The Morgan fingerprint density at radius 1 is 1.59 bits per heavy atom. The average molecular weight is 349 g/mol. The number of carbonyl (C=O) groups excluding carboxylic acids is 1. The van der Waals surface area contributed by atoms with Crippen LogP contribution in [0.5, 0.6) is 0 Å². The van der Waals surface area contributed by atoms with Gasteiger partial charge in [0.2, 0.25) is 0 Å². The standard InChI is InChI=1S/C9H8IN3O4/c10-7-5(9(15)16)6-8(14)11-3-1-17-2-4(3)13(6)12-7/h3-4H,1-2H2,(H,11,14)(H,15,16). The van der Waals surface area contributed by atoms with Crippen molar-refractivity contribution < 1.29 is 19.4 Å². The Morgan fingerprint density at radius 3 is 3.06 bits per heavy atom. The quantitative estimate of drug-likeness (QED) is 0.689. The molecule has 3 rings (SSSR count). The lowest BCUT2D eigenvalue weighted by Gasteiger charge is -2.26. The van der Waals surface area contributed by atoms with Crippen molar-refractivity contribution in [1.29, 1.82) is 0 Å².